The third kappa shape index (κ3) is 2.90. The van der Waals surface area contributed by atoms with E-state index < -0.39 is 0 Å². The number of aromatic amines is 1. The van der Waals surface area contributed by atoms with Gasteiger partial charge in [0.05, 0.1) is 11.6 Å². The fraction of sp³-hybridized carbons (Fsp3) is 0.0690. The summed E-state index contributed by atoms with van der Waals surface area (Å²) in [6, 6.07) is 31.2. The number of nitrogens with two attached hydrogens (primary N) is 1. The maximum Gasteiger partial charge on any atom is 0.205 e. The molecular weight excluding hydrogens is 406 g/mol. The number of ether oxygens (including phenoxy) is 1. The Hall–Kier alpha value is -4.49. The number of benzene rings is 4. The summed E-state index contributed by atoms with van der Waals surface area (Å²) >= 11 is 0. The number of nitrogens with one attached hydrogen (secondary N) is 1. The SMILES string of the molecule is Cc1ccc2[nH]c(-c3ccccc3)c(C3C(C#N)=C(N)Oc4c3ccc3ccccc43)c2c1. The first-order chi connectivity index (χ1) is 16.2. The van der Waals surface area contributed by atoms with E-state index in [2.05, 4.69) is 66.5 Å². The van der Waals surface area contributed by atoms with E-state index in [4.69, 9.17) is 10.5 Å². The van der Waals surface area contributed by atoms with Crippen molar-refractivity contribution in [2.45, 2.75) is 12.8 Å². The Balaban J connectivity index is 1.73. The molecule has 0 radical (unpaired) electrons. The Morgan fingerprint density at radius 2 is 1.70 bits per heavy atom. The summed E-state index contributed by atoms with van der Waals surface area (Å²) < 4.78 is 6.08. The lowest BCUT2D eigenvalue weighted by molar-refractivity contribution is 0.399. The predicted octanol–water partition coefficient (Wildman–Crippen LogP) is 6.51. The Morgan fingerprint density at radius 3 is 2.52 bits per heavy atom. The van der Waals surface area contributed by atoms with Gasteiger partial charge in [-0.3, -0.25) is 0 Å². The molecule has 2 heterocycles. The maximum atomic E-state index is 10.2. The van der Waals surface area contributed by atoms with Crippen molar-refractivity contribution in [3.63, 3.8) is 0 Å². The summed E-state index contributed by atoms with van der Waals surface area (Å²) in [6.45, 7) is 2.08. The molecule has 4 nitrogen and oxygen atoms in total. The first kappa shape index (κ1) is 19.2. The minimum Gasteiger partial charge on any atom is -0.440 e. The van der Waals surface area contributed by atoms with E-state index >= 15 is 0 Å². The minimum atomic E-state index is -0.353. The molecule has 1 aliphatic rings. The van der Waals surface area contributed by atoms with Crippen molar-refractivity contribution in [1.82, 2.24) is 4.98 Å². The summed E-state index contributed by atoms with van der Waals surface area (Å²) in [6.07, 6.45) is 0. The average molecular weight is 428 g/mol. The van der Waals surface area contributed by atoms with Crippen LogP contribution in [0, 0.1) is 18.3 Å². The molecule has 33 heavy (non-hydrogen) atoms. The second kappa shape index (κ2) is 7.29. The monoisotopic (exact) mass is 427 g/mol. The highest BCUT2D eigenvalue weighted by Crippen LogP contribution is 2.49. The highest BCUT2D eigenvalue weighted by molar-refractivity contribution is 5.95. The molecule has 1 aromatic heterocycles. The van der Waals surface area contributed by atoms with E-state index in [0.29, 0.717) is 5.57 Å². The number of aryl methyl sites for hydroxylation is 1. The van der Waals surface area contributed by atoms with E-state index in [1.807, 2.05) is 36.4 Å². The van der Waals surface area contributed by atoms with E-state index in [-0.39, 0.29) is 11.8 Å². The van der Waals surface area contributed by atoms with Gasteiger partial charge in [0, 0.05) is 21.9 Å². The van der Waals surface area contributed by atoms with Gasteiger partial charge in [-0.1, -0.05) is 78.4 Å². The number of hydrogen-bond acceptors (Lipinski definition) is 3. The van der Waals surface area contributed by atoms with Crippen molar-refractivity contribution in [3.8, 4) is 23.1 Å². The molecule has 0 saturated carbocycles. The quantitative estimate of drug-likeness (QED) is 0.337. The Bertz CT molecular complexity index is 1620. The van der Waals surface area contributed by atoms with Gasteiger partial charge in [-0.15, -0.1) is 0 Å². The molecule has 0 fully saturated rings. The zero-order valence-electron chi connectivity index (χ0n) is 18.1. The normalized spacial score (nSPS) is 15.3. The van der Waals surface area contributed by atoms with Crippen LogP contribution in [0.1, 0.15) is 22.6 Å². The Kier molecular flexibility index (Phi) is 4.24. The molecule has 0 saturated heterocycles. The smallest absolute Gasteiger partial charge is 0.205 e. The lowest BCUT2D eigenvalue weighted by Crippen LogP contribution is -2.21. The molecule has 0 bridgehead atoms. The largest absolute Gasteiger partial charge is 0.440 e. The van der Waals surface area contributed by atoms with E-state index in [9.17, 15) is 5.26 Å². The van der Waals surface area contributed by atoms with Crippen molar-refractivity contribution < 1.29 is 4.74 Å². The molecule has 3 N–H and O–H groups in total. The van der Waals surface area contributed by atoms with Crippen molar-refractivity contribution in [1.29, 1.82) is 5.26 Å². The first-order valence-corrected chi connectivity index (χ1v) is 10.9. The topological polar surface area (TPSA) is 74.8 Å². The molecule has 1 unspecified atom stereocenters. The van der Waals surface area contributed by atoms with Crippen molar-refractivity contribution in [3.05, 3.63) is 113 Å². The van der Waals surface area contributed by atoms with Crippen LogP contribution in [0.4, 0.5) is 0 Å². The first-order valence-electron chi connectivity index (χ1n) is 10.9. The molecule has 4 heteroatoms. The van der Waals surface area contributed by atoms with Crippen LogP contribution in [0.25, 0.3) is 32.9 Å². The van der Waals surface area contributed by atoms with E-state index in [0.717, 1.165) is 55.4 Å². The third-order valence-corrected chi connectivity index (χ3v) is 6.45. The molecule has 5 aromatic rings. The summed E-state index contributed by atoms with van der Waals surface area (Å²) in [5.74, 6) is 0.525. The number of hydrogen-bond donors (Lipinski definition) is 2. The van der Waals surface area contributed by atoms with Gasteiger partial charge in [-0.05, 0) is 35.6 Å². The molecule has 6 rings (SSSR count). The minimum absolute atomic E-state index is 0.160. The van der Waals surface area contributed by atoms with Crippen molar-refractivity contribution in [2.75, 3.05) is 0 Å². The van der Waals surface area contributed by atoms with Gasteiger partial charge in [0.25, 0.3) is 0 Å². The molecule has 158 valence electrons. The summed E-state index contributed by atoms with van der Waals surface area (Å²) in [7, 11) is 0. The third-order valence-electron chi connectivity index (χ3n) is 6.45. The second-order valence-electron chi connectivity index (χ2n) is 8.46. The lowest BCUT2D eigenvalue weighted by Gasteiger charge is -2.28. The zero-order valence-corrected chi connectivity index (χ0v) is 18.1. The molecule has 1 aliphatic heterocycles. The van der Waals surface area contributed by atoms with Gasteiger partial charge >= 0.3 is 0 Å². The van der Waals surface area contributed by atoms with E-state index in [1.54, 1.807) is 0 Å². The van der Waals surface area contributed by atoms with Gasteiger partial charge in [0.1, 0.15) is 17.4 Å². The van der Waals surface area contributed by atoms with Gasteiger partial charge < -0.3 is 15.5 Å². The predicted molar refractivity (Wildman–Crippen MR) is 132 cm³/mol. The van der Waals surface area contributed by atoms with Gasteiger partial charge in [0.2, 0.25) is 5.88 Å². The highest BCUT2D eigenvalue weighted by atomic mass is 16.5. The molecule has 0 amide bonds. The number of aromatic nitrogens is 1. The van der Waals surface area contributed by atoms with Crippen LogP contribution >= 0.6 is 0 Å². The number of H-pyrrole nitrogens is 1. The number of allylic oxidation sites excluding steroid dienone is 1. The molecule has 0 aliphatic carbocycles. The highest BCUT2D eigenvalue weighted by Gasteiger charge is 2.35. The average Bonchev–Trinajstić information content (AvgIpc) is 3.22. The van der Waals surface area contributed by atoms with Crippen molar-refractivity contribution in [2.24, 2.45) is 5.73 Å². The van der Waals surface area contributed by atoms with Crippen LogP contribution in [-0.4, -0.2) is 4.98 Å². The number of rotatable bonds is 2. The van der Waals surface area contributed by atoms with Crippen LogP contribution in [-0.2, 0) is 0 Å². The van der Waals surface area contributed by atoms with Gasteiger partial charge in [0.15, 0.2) is 0 Å². The van der Waals surface area contributed by atoms with Crippen LogP contribution in [0.3, 0.4) is 0 Å². The van der Waals surface area contributed by atoms with Crippen LogP contribution in [0.15, 0.2) is 96.4 Å². The molecule has 1 atom stereocenters. The fourth-order valence-electron chi connectivity index (χ4n) is 4.94. The van der Waals surface area contributed by atoms with Crippen LogP contribution < -0.4 is 10.5 Å². The fourth-order valence-corrected chi connectivity index (χ4v) is 4.94. The zero-order chi connectivity index (χ0) is 22.5. The van der Waals surface area contributed by atoms with Gasteiger partial charge in [-0.25, -0.2) is 0 Å². The second-order valence-corrected chi connectivity index (χ2v) is 8.46. The Labute approximate surface area is 191 Å². The van der Waals surface area contributed by atoms with Gasteiger partial charge in [-0.2, -0.15) is 5.26 Å². The molecule has 0 spiro atoms. The number of nitriles is 1. The maximum absolute atomic E-state index is 10.2. The molecule has 4 aromatic carbocycles. The van der Waals surface area contributed by atoms with Crippen LogP contribution in [0.2, 0.25) is 0 Å². The van der Waals surface area contributed by atoms with Crippen molar-refractivity contribution >= 4 is 21.7 Å². The summed E-state index contributed by atoms with van der Waals surface area (Å²) in [5, 5.41) is 13.3. The Morgan fingerprint density at radius 1 is 0.909 bits per heavy atom. The summed E-state index contributed by atoms with van der Waals surface area (Å²) in [5.41, 5.74) is 13.0. The number of nitrogens with zero attached hydrogens (tertiary/aromatic N) is 1. The standard InChI is InChI=1S/C29H21N3O/c1-17-11-14-24-22(15-17)26(27(32-24)19-8-3-2-4-9-19)25-21-13-12-18-7-5-6-10-20(18)28(21)33-29(31)23(25)16-30/h2-15,25,32H,31H2,1H3. The molecular formula is C29H21N3O. The number of fused-ring (bicyclic) bond motifs is 4. The summed E-state index contributed by atoms with van der Waals surface area (Å²) in [4.78, 5) is 3.62. The van der Waals surface area contributed by atoms with Crippen LogP contribution in [0.5, 0.6) is 5.75 Å². The lowest BCUT2D eigenvalue weighted by atomic mass is 9.80. The van der Waals surface area contributed by atoms with E-state index in [1.165, 1.54) is 0 Å².